The number of hydrogen-bond acceptors (Lipinski definition) is 5. The van der Waals surface area contributed by atoms with Crippen molar-refractivity contribution in [3.05, 3.63) is 87.1 Å². The van der Waals surface area contributed by atoms with Gasteiger partial charge < -0.3 is 10.1 Å². The smallest absolute Gasteiger partial charge is 0.266 e. The second kappa shape index (κ2) is 10.1. The van der Waals surface area contributed by atoms with E-state index in [2.05, 4.69) is 11.4 Å². The molecule has 0 radical (unpaired) electrons. The van der Waals surface area contributed by atoms with E-state index in [1.54, 1.807) is 42.5 Å². The van der Waals surface area contributed by atoms with E-state index in [-0.39, 0.29) is 18.0 Å². The fraction of sp³-hybridized carbons (Fsp3) is 0.192. The number of hydrogen-bond donors (Lipinski definition) is 1. The summed E-state index contributed by atoms with van der Waals surface area (Å²) in [7, 11) is 0. The molecule has 0 spiro atoms. The number of thiophene rings is 1. The largest absolute Gasteiger partial charge is 0.489 e. The van der Waals surface area contributed by atoms with Crippen molar-refractivity contribution >= 4 is 28.3 Å². The zero-order valence-electron chi connectivity index (χ0n) is 17.7. The SMILES string of the molecule is N#C/C(=C\c1ccc(OCc2ccccc2F)cc1)C(=O)Nc1sc2c(c1C#N)CCCC2. The van der Waals surface area contributed by atoms with E-state index in [1.807, 2.05) is 6.07 Å². The standard InChI is InChI=1S/C26H20FN3O2S/c27-23-7-3-1-5-18(23)16-32-20-11-9-17(10-12-20)13-19(14-28)25(31)30-26-22(15-29)21-6-2-4-8-24(21)33-26/h1,3,5,7,9-13H,2,4,6,8,16H2,(H,30,31)/b19-13+. The Morgan fingerprint density at radius 3 is 2.61 bits per heavy atom. The van der Waals surface area contributed by atoms with Crippen LogP contribution in [0.25, 0.3) is 6.08 Å². The molecule has 1 amide bonds. The summed E-state index contributed by atoms with van der Waals surface area (Å²) in [6.45, 7) is 0.0970. The Kier molecular flexibility index (Phi) is 6.83. The van der Waals surface area contributed by atoms with Crippen LogP contribution < -0.4 is 10.1 Å². The fourth-order valence-corrected chi connectivity index (χ4v) is 4.93. The van der Waals surface area contributed by atoms with Gasteiger partial charge in [0, 0.05) is 10.4 Å². The van der Waals surface area contributed by atoms with Gasteiger partial charge in [0.05, 0.1) is 5.56 Å². The van der Waals surface area contributed by atoms with Gasteiger partial charge in [0.15, 0.2) is 0 Å². The summed E-state index contributed by atoms with van der Waals surface area (Å²) in [6.07, 6.45) is 5.35. The van der Waals surface area contributed by atoms with Gasteiger partial charge in [0.2, 0.25) is 0 Å². The van der Waals surface area contributed by atoms with Gasteiger partial charge >= 0.3 is 0 Å². The van der Waals surface area contributed by atoms with Crippen LogP contribution in [0.1, 0.15) is 40.0 Å². The van der Waals surface area contributed by atoms with Crippen LogP contribution in [0.15, 0.2) is 54.1 Å². The Morgan fingerprint density at radius 2 is 1.88 bits per heavy atom. The predicted octanol–water partition coefficient (Wildman–Crippen LogP) is 5.76. The third kappa shape index (κ3) is 5.11. The molecule has 3 aromatic rings. The van der Waals surface area contributed by atoms with Gasteiger partial charge in [-0.25, -0.2) is 4.39 Å². The number of carbonyl (C=O) groups excluding carboxylic acids is 1. The van der Waals surface area contributed by atoms with Crippen LogP contribution >= 0.6 is 11.3 Å². The van der Waals surface area contributed by atoms with Crippen LogP contribution in [0.4, 0.5) is 9.39 Å². The van der Waals surface area contributed by atoms with Crippen LogP contribution in [0, 0.1) is 28.5 Å². The number of anilines is 1. The maximum atomic E-state index is 13.7. The summed E-state index contributed by atoms with van der Waals surface area (Å²) in [5, 5.41) is 22.3. The Hall–Kier alpha value is -3.94. The molecule has 1 aromatic heterocycles. The molecule has 4 rings (SSSR count). The van der Waals surface area contributed by atoms with Gasteiger partial charge in [-0.2, -0.15) is 10.5 Å². The third-order valence-electron chi connectivity index (χ3n) is 5.42. The van der Waals surface area contributed by atoms with Crippen LogP contribution in [-0.4, -0.2) is 5.91 Å². The monoisotopic (exact) mass is 457 g/mol. The molecule has 1 N–H and O–H groups in total. The van der Waals surface area contributed by atoms with Crippen LogP contribution in [-0.2, 0) is 24.2 Å². The lowest BCUT2D eigenvalue weighted by atomic mass is 9.96. The Labute approximate surface area is 195 Å². The first-order valence-electron chi connectivity index (χ1n) is 10.5. The normalized spacial score (nSPS) is 12.9. The van der Waals surface area contributed by atoms with E-state index >= 15 is 0 Å². The lowest BCUT2D eigenvalue weighted by Crippen LogP contribution is -2.13. The molecule has 0 aliphatic heterocycles. The molecule has 1 heterocycles. The quantitative estimate of drug-likeness (QED) is 0.376. The van der Waals surface area contributed by atoms with Gasteiger partial charge in [-0.15, -0.1) is 11.3 Å². The summed E-state index contributed by atoms with van der Waals surface area (Å²) in [5.74, 6) is -0.332. The Bertz CT molecular complexity index is 1300. The van der Waals surface area contributed by atoms with E-state index in [9.17, 15) is 19.7 Å². The number of aryl methyl sites for hydroxylation is 1. The summed E-state index contributed by atoms with van der Waals surface area (Å²) in [5.41, 5.74) is 2.57. The molecule has 1 aliphatic carbocycles. The van der Waals surface area contributed by atoms with Crippen molar-refractivity contribution in [2.75, 3.05) is 5.32 Å². The molecule has 164 valence electrons. The van der Waals surface area contributed by atoms with Crippen molar-refractivity contribution in [1.82, 2.24) is 0 Å². The number of nitrogens with zero attached hydrogens (tertiary/aromatic N) is 2. The highest BCUT2D eigenvalue weighted by Gasteiger charge is 2.22. The second-order valence-electron chi connectivity index (χ2n) is 7.60. The fourth-order valence-electron chi connectivity index (χ4n) is 3.69. The number of fused-ring (bicyclic) bond motifs is 1. The molecule has 2 aromatic carbocycles. The van der Waals surface area contributed by atoms with E-state index in [0.29, 0.717) is 27.4 Å². The van der Waals surface area contributed by atoms with Gasteiger partial charge in [0.1, 0.15) is 40.9 Å². The number of carbonyl (C=O) groups is 1. The van der Waals surface area contributed by atoms with Crippen molar-refractivity contribution in [2.24, 2.45) is 0 Å². The van der Waals surface area contributed by atoms with Crippen molar-refractivity contribution in [3.63, 3.8) is 0 Å². The van der Waals surface area contributed by atoms with Gasteiger partial charge in [-0.3, -0.25) is 4.79 Å². The lowest BCUT2D eigenvalue weighted by molar-refractivity contribution is -0.112. The topological polar surface area (TPSA) is 85.9 Å². The highest BCUT2D eigenvalue weighted by Crippen LogP contribution is 2.37. The van der Waals surface area contributed by atoms with Gasteiger partial charge in [-0.05, 0) is 61.1 Å². The Morgan fingerprint density at radius 1 is 1.12 bits per heavy atom. The summed E-state index contributed by atoms with van der Waals surface area (Å²) < 4.78 is 19.3. The van der Waals surface area contributed by atoms with E-state index < -0.39 is 5.91 Å². The second-order valence-corrected chi connectivity index (χ2v) is 8.71. The molecule has 0 unspecified atom stereocenters. The first kappa shape index (κ1) is 22.3. The summed E-state index contributed by atoms with van der Waals surface area (Å²) >= 11 is 1.42. The number of nitriles is 2. The summed E-state index contributed by atoms with van der Waals surface area (Å²) in [6, 6.07) is 17.4. The molecular weight excluding hydrogens is 437 g/mol. The number of amides is 1. The molecule has 0 saturated carbocycles. The molecule has 5 nitrogen and oxygen atoms in total. The molecule has 0 bridgehead atoms. The highest BCUT2D eigenvalue weighted by atomic mass is 32.1. The molecule has 0 saturated heterocycles. The van der Waals surface area contributed by atoms with E-state index in [0.717, 1.165) is 36.1 Å². The average Bonchev–Trinajstić information content (AvgIpc) is 3.19. The highest BCUT2D eigenvalue weighted by molar-refractivity contribution is 7.16. The number of rotatable bonds is 6. The van der Waals surface area contributed by atoms with Crippen molar-refractivity contribution in [1.29, 1.82) is 10.5 Å². The van der Waals surface area contributed by atoms with E-state index in [4.69, 9.17) is 4.74 Å². The minimum absolute atomic E-state index is 0.0645. The molecule has 1 aliphatic rings. The molecular formula is C26H20FN3O2S. The van der Waals surface area contributed by atoms with Crippen LogP contribution in [0.5, 0.6) is 5.75 Å². The van der Waals surface area contributed by atoms with Crippen molar-refractivity contribution < 1.29 is 13.9 Å². The lowest BCUT2D eigenvalue weighted by Gasteiger charge is -2.09. The van der Waals surface area contributed by atoms with Crippen LogP contribution in [0.2, 0.25) is 0 Å². The van der Waals surface area contributed by atoms with Crippen LogP contribution in [0.3, 0.4) is 0 Å². The molecule has 0 atom stereocenters. The minimum atomic E-state index is -0.549. The zero-order chi connectivity index (χ0) is 23.2. The number of halogens is 1. The molecule has 0 fully saturated rings. The third-order valence-corrected chi connectivity index (χ3v) is 6.63. The summed E-state index contributed by atoms with van der Waals surface area (Å²) in [4.78, 5) is 13.9. The Balaban J connectivity index is 1.45. The first-order valence-corrected chi connectivity index (χ1v) is 11.3. The number of ether oxygens (including phenoxy) is 1. The molecule has 7 heteroatoms. The first-order chi connectivity index (χ1) is 16.1. The maximum Gasteiger partial charge on any atom is 0.266 e. The average molecular weight is 458 g/mol. The number of nitrogens with one attached hydrogen (secondary N) is 1. The van der Waals surface area contributed by atoms with Gasteiger partial charge in [-0.1, -0.05) is 30.3 Å². The van der Waals surface area contributed by atoms with Crippen molar-refractivity contribution in [2.45, 2.75) is 32.3 Å². The van der Waals surface area contributed by atoms with Gasteiger partial charge in [0.25, 0.3) is 5.91 Å². The minimum Gasteiger partial charge on any atom is -0.489 e. The van der Waals surface area contributed by atoms with E-state index in [1.165, 1.54) is 23.5 Å². The number of benzene rings is 2. The zero-order valence-corrected chi connectivity index (χ0v) is 18.5. The molecule has 33 heavy (non-hydrogen) atoms. The van der Waals surface area contributed by atoms with Crippen molar-refractivity contribution in [3.8, 4) is 17.9 Å². The maximum absolute atomic E-state index is 13.7. The predicted molar refractivity (Wildman–Crippen MR) is 125 cm³/mol.